The number of carboxylic acids is 1. The van der Waals surface area contributed by atoms with Gasteiger partial charge in [0.1, 0.15) is 17.5 Å². The molecule has 1 aliphatic rings. The highest BCUT2D eigenvalue weighted by molar-refractivity contribution is 5.81. The third-order valence-electron chi connectivity index (χ3n) is 4.07. The van der Waals surface area contributed by atoms with Gasteiger partial charge in [0.25, 0.3) is 0 Å². The number of amides is 1. The molecule has 3 atom stereocenters. The van der Waals surface area contributed by atoms with Crippen molar-refractivity contribution < 1.29 is 23.8 Å². The molecule has 1 heterocycles. The first-order valence-electron chi connectivity index (χ1n) is 8.31. The van der Waals surface area contributed by atoms with Gasteiger partial charge in [0.15, 0.2) is 0 Å². The normalized spacial score (nSPS) is 21.9. The Hall–Kier alpha value is -2.15. The van der Waals surface area contributed by atoms with Gasteiger partial charge in [0.05, 0.1) is 0 Å². The van der Waals surface area contributed by atoms with E-state index in [2.05, 4.69) is 5.32 Å². The third-order valence-corrected chi connectivity index (χ3v) is 4.07. The molecule has 2 rings (SSSR count). The van der Waals surface area contributed by atoms with Gasteiger partial charge >= 0.3 is 12.1 Å². The monoisotopic (exact) mass is 352 g/mol. The quantitative estimate of drug-likeness (QED) is 0.871. The summed E-state index contributed by atoms with van der Waals surface area (Å²) in [6.07, 6.45) is -0.334. The second-order valence-corrected chi connectivity index (χ2v) is 7.36. The first-order chi connectivity index (χ1) is 11.6. The SMILES string of the molecule is C[C@H](N[C@H]1C[C@@H](C(=O)O)N(C(=O)OC(C)(C)C)C1)c1ccc(F)cc1. The van der Waals surface area contributed by atoms with Crippen LogP contribution in [-0.2, 0) is 9.53 Å². The standard InChI is InChI=1S/C18H25FN2O4/c1-11(12-5-7-13(19)8-6-12)20-14-9-15(16(22)23)21(10-14)17(24)25-18(2,3)4/h5-8,11,14-15,20H,9-10H2,1-4H3,(H,22,23)/t11-,14-,15-/m0/s1. The van der Waals surface area contributed by atoms with Crippen LogP contribution in [0.5, 0.6) is 0 Å². The molecule has 0 unspecified atom stereocenters. The predicted octanol–water partition coefficient (Wildman–Crippen LogP) is 2.94. The van der Waals surface area contributed by atoms with Crippen molar-refractivity contribution in [3.05, 3.63) is 35.6 Å². The van der Waals surface area contributed by atoms with E-state index in [0.717, 1.165) is 5.56 Å². The molecular weight excluding hydrogens is 327 g/mol. The number of hydrogen-bond donors (Lipinski definition) is 2. The minimum absolute atomic E-state index is 0.0985. The number of carbonyl (C=O) groups excluding carboxylic acids is 1. The maximum atomic E-state index is 13.0. The molecule has 1 aromatic rings. The fourth-order valence-electron chi connectivity index (χ4n) is 2.91. The number of nitrogens with one attached hydrogen (secondary N) is 1. The summed E-state index contributed by atoms with van der Waals surface area (Å²) in [6, 6.07) is 4.93. The van der Waals surface area contributed by atoms with Gasteiger partial charge in [-0.3, -0.25) is 4.90 Å². The fraction of sp³-hybridized carbons (Fsp3) is 0.556. The summed E-state index contributed by atoms with van der Waals surface area (Å²) in [7, 11) is 0. The smallest absolute Gasteiger partial charge is 0.411 e. The minimum atomic E-state index is -1.05. The molecule has 138 valence electrons. The van der Waals surface area contributed by atoms with Crippen molar-refractivity contribution in [1.82, 2.24) is 10.2 Å². The highest BCUT2D eigenvalue weighted by atomic mass is 19.1. The Bertz CT molecular complexity index is 627. The Morgan fingerprint density at radius 3 is 2.44 bits per heavy atom. The lowest BCUT2D eigenvalue weighted by Crippen LogP contribution is -2.44. The Labute approximate surface area is 147 Å². The van der Waals surface area contributed by atoms with Crippen LogP contribution in [0, 0.1) is 5.82 Å². The Kier molecular flexibility index (Phi) is 5.67. The number of hydrogen-bond acceptors (Lipinski definition) is 4. The summed E-state index contributed by atoms with van der Waals surface area (Å²) in [6.45, 7) is 7.38. The van der Waals surface area contributed by atoms with Gasteiger partial charge in [0.2, 0.25) is 0 Å². The summed E-state index contributed by atoms with van der Waals surface area (Å²) in [5, 5.41) is 12.7. The molecule has 0 aromatic heterocycles. The van der Waals surface area contributed by atoms with E-state index in [1.165, 1.54) is 17.0 Å². The topological polar surface area (TPSA) is 78.9 Å². The maximum Gasteiger partial charge on any atom is 0.411 e. The first-order valence-corrected chi connectivity index (χ1v) is 8.31. The Morgan fingerprint density at radius 1 is 1.32 bits per heavy atom. The van der Waals surface area contributed by atoms with Gasteiger partial charge in [-0.25, -0.2) is 14.0 Å². The second-order valence-electron chi connectivity index (χ2n) is 7.36. The largest absolute Gasteiger partial charge is 0.480 e. The molecule has 1 fully saturated rings. The maximum absolute atomic E-state index is 13.0. The lowest BCUT2D eigenvalue weighted by atomic mass is 10.1. The zero-order valence-electron chi connectivity index (χ0n) is 15.0. The van der Waals surface area contributed by atoms with Crippen LogP contribution in [0.2, 0.25) is 0 Å². The number of likely N-dealkylation sites (tertiary alicyclic amines) is 1. The van der Waals surface area contributed by atoms with Gasteiger partial charge < -0.3 is 15.2 Å². The summed E-state index contributed by atoms with van der Waals surface area (Å²) < 4.78 is 18.3. The van der Waals surface area contributed by atoms with Crippen LogP contribution in [-0.4, -0.2) is 46.3 Å². The van der Waals surface area contributed by atoms with Crippen molar-refractivity contribution in [2.24, 2.45) is 0 Å². The van der Waals surface area contributed by atoms with Crippen LogP contribution in [0.15, 0.2) is 24.3 Å². The van der Waals surface area contributed by atoms with Crippen molar-refractivity contribution >= 4 is 12.1 Å². The van der Waals surface area contributed by atoms with E-state index in [0.29, 0.717) is 6.42 Å². The summed E-state index contributed by atoms with van der Waals surface area (Å²) >= 11 is 0. The first kappa shape index (κ1) is 19.2. The van der Waals surface area contributed by atoms with E-state index in [-0.39, 0.29) is 24.4 Å². The molecule has 6 nitrogen and oxygen atoms in total. The minimum Gasteiger partial charge on any atom is -0.480 e. The van der Waals surface area contributed by atoms with Crippen LogP contribution >= 0.6 is 0 Å². The lowest BCUT2D eigenvalue weighted by Gasteiger charge is -2.27. The second kappa shape index (κ2) is 7.39. The molecule has 25 heavy (non-hydrogen) atoms. The van der Waals surface area contributed by atoms with Gasteiger partial charge in [-0.05, 0) is 51.8 Å². The van der Waals surface area contributed by atoms with Crippen molar-refractivity contribution in [1.29, 1.82) is 0 Å². The van der Waals surface area contributed by atoms with Gasteiger partial charge in [-0.1, -0.05) is 12.1 Å². The molecule has 0 saturated carbocycles. The molecule has 1 aliphatic heterocycles. The number of nitrogens with zero attached hydrogens (tertiary/aromatic N) is 1. The van der Waals surface area contributed by atoms with Crippen molar-refractivity contribution in [3.8, 4) is 0 Å². The van der Waals surface area contributed by atoms with E-state index >= 15 is 0 Å². The van der Waals surface area contributed by atoms with Crippen LogP contribution < -0.4 is 5.32 Å². The highest BCUT2D eigenvalue weighted by Crippen LogP contribution is 2.24. The van der Waals surface area contributed by atoms with E-state index in [1.807, 2.05) is 6.92 Å². The average molecular weight is 352 g/mol. The molecule has 1 saturated heterocycles. The van der Waals surface area contributed by atoms with Gasteiger partial charge in [-0.15, -0.1) is 0 Å². The number of rotatable bonds is 4. The third kappa shape index (κ3) is 5.16. The summed E-state index contributed by atoms with van der Waals surface area (Å²) in [5.74, 6) is -1.36. The zero-order valence-corrected chi connectivity index (χ0v) is 15.0. The predicted molar refractivity (Wildman–Crippen MR) is 90.7 cm³/mol. The zero-order chi connectivity index (χ0) is 18.8. The van der Waals surface area contributed by atoms with Crippen LogP contribution in [0.25, 0.3) is 0 Å². The number of ether oxygens (including phenoxy) is 1. The van der Waals surface area contributed by atoms with Crippen molar-refractivity contribution in [2.45, 2.75) is 57.8 Å². The molecule has 7 heteroatoms. The van der Waals surface area contributed by atoms with Crippen LogP contribution in [0.3, 0.4) is 0 Å². The number of carbonyl (C=O) groups is 2. The molecule has 0 aliphatic carbocycles. The van der Waals surface area contributed by atoms with Crippen molar-refractivity contribution in [2.75, 3.05) is 6.54 Å². The summed E-state index contributed by atoms with van der Waals surface area (Å²) in [5.41, 5.74) is 0.205. The summed E-state index contributed by atoms with van der Waals surface area (Å²) in [4.78, 5) is 25.0. The molecule has 0 spiro atoms. The van der Waals surface area contributed by atoms with E-state index in [1.54, 1.807) is 32.9 Å². The molecular formula is C18H25FN2O4. The van der Waals surface area contributed by atoms with Crippen LogP contribution in [0.4, 0.5) is 9.18 Å². The van der Waals surface area contributed by atoms with Gasteiger partial charge in [-0.2, -0.15) is 0 Å². The molecule has 0 radical (unpaired) electrons. The van der Waals surface area contributed by atoms with E-state index < -0.39 is 23.7 Å². The van der Waals surface area contributed by atoms with E-state index in [9.17, 15) is 19.1 Å². The lowest BCUT2D eigenvalue weighted by molar-refractivity contribution is -0.142. The number of carboxylic acid groups (broad SMARTS) is 1. The van der Waals surface area contributed by atoms with Crippen LogP contribution in [0.1, 0.15) is 45.7 Å². The number of aliphatic carboxylic acids is 1. The fourth-order valence-corrected chi connectivity index (χ4v) is 2.91. The van der Waals surface area contributed by atoms with Crippen molar-refractivity contribution in [3.63, 3.8) is 0 Å². The average Bonchev–Trinajstić information content (AvgIpc) is 2.90. The molecule has 1 amide bonds. The number of halogens is 1. The van der Waals surface area contributed by atoms with E-state index in [4.69, 9.17) is 4.74 Å². The van der Waals surface area contributed by atoms with Gasteiger partial charge in [0, 0.05) is 18.6 Å². The Morgan fingerprint density at radius 2 is 1.92 bits per heavy atom. The molecule has 1 aromatic carbocycles. The Balaban J connectivity index is 2.04. The molecule has 2 N–H and O–H groups in total. The highest BCUT2D eigenvalue weighted by Gasteiger charge is 2.41. The molecule has 0 bridgehead atoms. The number of benzene rings is 1.